The first-order valence-corrected chi connectivity index (χ1v) is 7.28. The summed E-state index contributed by atoms with van der Waals surface area (Å²) in [6.07, 6.45) is 6.75. The van der Waals surface area contributed by atoms with Crippen LogP contribution in [-0.4, -0.2) is 21.5 Å². The molecule has 0 radical (unpaired) electrons. The van der Waals surface area contributed by atoms with Crippen LogP contribution < -0.4 is 5.73 Å². The molecule has 0 spiro atoms. The number of nitrogens with two attached hydrogens (primary N) is 1. The lowest BCUT2D eigenvalue weighted by Crippen LogP contribution is -2.25. The quantitative estimate of drug-likeness (QED) is 0.896. The van der Waals surface area contributed by atoms with E-state index in [4.69, 9.17) is 5.73 Å². The van der Waals surface area contributed by atoms with Gasteiger partial charge in [-0.3, -0.25) is 0 Å². The highest BCUT2D eigenvalue weighted by atomic mass is 79.9. The molecule has 2 heterocycles. The van der Waals surface area contributed by atoms with E-state index in [1.165, 1.54) is 25.7 Å². The van der Waals surface area contributed by atoms with E-state index in [9.17, 15) is 0 Å². The van der Waals surface area contributed by atoms with Crippen molar-refractivity contribution in [1.29, 1.82) is 0 Å². The second-order valence-corrected chi connectivity index (χ2v) is 5.95. The van der Waals surface area contributed by atoms with Crippen molar-refractivity contribution >= 4 is 27.1 Å². The third kappa shape index (κ3) is 2.17. The summed E-state index contributed by atoms with van der Waals surface area (Å²) in [6.45, 7) is 0.749. The molecule has 0 saturated heterocycles. The number of halogens is 1. The molecule has 18 heavy (non-hydrogen) atoms. The van der Waals surface area contributed by atoms with Crippen LogP contribution in [0.15, 0.2) is 16.7 Å². The lowest BCUT2D eigenvalue weighted by molar-refractivity contribution is 0.306. The summed E-state index contributed by atoms with van der Waals surface area (Å²) in [5.74, 6) is 2.09. The number of imidazole rings is 1. The van der Waals surface area contributed by atoms with Crippen LogP contribution >= 0.6 is 15.9 Å². The SMILES string of the molecule is NCC1CCCCC1c1nc2ncc(Br)cc2[nH]1. The number of nitrogens with zero attached hydrogens (tertiary/aromatic N) is 2. The Kier molecular flexibility index (Phi) is 3.35. The van der Waals surface area contributed by atoms with Crippen molar-refractivity contribution in [3.05, 3.63) is 22.6 Å². The van der Waals surface area contributed by atoms with Crippen molar-refractivity contribution in [3.63, 3.8) is 0 Å². The molecule has 2 unspecified atom stereocenters. The van der Waals surface area contributed by atoms with Gasteiger partial charge in [0.05, 0.1) is 5.52 Å². The third-order valence-electron chi connectivity index (χ3n) is 3.89. The number of hydrogen-bond donors (Lipinski definition) is 2. The molecular formula is C13H17BrN4. The fourth-order valence-corrected chi connectivity index (χ4v) is 3.25. The monoisotopic (exact) mass is 308 g/mol. The molecule has 1 aliphatic carbocycles. The average Bonchev–Trinajstić information content (AvgIpc) is 2.81. The molecule has 2 aromatic rings. The Morgan fingerprint density at radius 2 is 2.22 bits per heavy atom. The minimum Gasteiger partial charge on any atom is -0.340 e. The zero-order valence-electron chi connectivity index (χ0n) is 10.2. The number of H-pyrrole nitrogens is 1. The van der Waals surface area contributed by atoms with Crippen LogP contribution in [0.25, 0.3) is 11.2 Å². The number of fused-ring (bicyclic) bond motifs is 1. The Bertz CT molecular complexity index is 551. The molecule has 0 aliphatic heterocycles. The summed E-state index contributed by atoms with van der Waals surface area (Å²) in [4.78, 5) is 12.4. The average molecular weight is 309 g/mol. The molecule has 3 rings (SSSR count). The summed E-state index contributed by atoms with van der Waals surface area (Å²) in [5.41, 5.74) is 7.69. The van der Waals surface area contributed by atoms with Gasteiger partial charge in [0.2, 0.25) is 0 Å². The molecule has 96 valence electrons. The zero-order valence-corrected chi connectivity index (χ0v) is 11.8. The van der Waals surface area contributed by atoms with Crippen molar-refractivity contribution in [2.24, 2.45) is 11.7 Å². The van der Waals surface area contributed by atoms with Gasteiger partial charge in [0.15, 0.2) is 5.65 Å². The summed E-state index contributed by atoms with van der Waals surface area (Å²) >= 11 is 3.43. The largest absolute Gasteiger partial charge is 0.340 e. The van der Waals surface area contributed by atoms with Crippen LogP contribution in [0, 0.1) is 5.92 Å². The van der Waals surface area contributed by atoms with Crippen molar-refractivity contribution in [1.82, 2.24) is 15.0 Å². The molecule has 2 aromatic heterocycles. The van der Waals surface area contributed by atoms with Crippen molar-refractivity contribution < 1.29 is 0 Å². The molecule has 0 bridgehead atoms. The lowest BCUT2D eigenvalue weighted by atomic mass is 9.79. The van der Waals surface area contributed by atoms with Gasteiger partial charge < -0.3 is 10.7 Å². The molecule has 1 fully saturated rings. The Labute approximate surface area is 115 Å². The highest BCUT2D eigenvalue weighted by Gasteiger charge is 2.27. The third-order valence-corrected chi connectivity index (χ3v) is 4.32. The number of pyridine rings is 1. The van der Waals surface area contributed by atoms with Crippen molar-refractivity contribution in [2.45, 2.75) is 31.6 Å². The number of aromatic amines is 1. The first-order valence-electron chi connectivity index (χ1n) is 6.49. The zero-order chi connectivity index (χ0) is 12.5. The molecule has 1 saturated carbocycles. The predicted octanol–water partition coefficient (Wildman–Crippen LogP) is 2.95. The van der Waals surface area contributed by atoms with Crippen LogP contribution in [0.1, 0.15) is 37.4 Å². The highest BCUT2D eigenvalue weighted by Crippen LogP contribution is 2.36. The fourth-order valence-electron chi connectivity index (χ4n) is 2.92. The molecule has 2 atom stereocenters. The van der Waals surface area contributed by atoms with E-state index in [2.05, 4.69) is 30.9 Å². The molecular weight excluding hydrogens is 292 g/mol. The molecule has 1 aliphatic rings. The van der Waals surface area contributed by atoms with Gasteiger partial charge in [0.1, 0.15) is 5.82 Å². The number of nitrogens with one attached hydrogen (secondary N) is 1. The first-order chi connectivity index (χ1) is 8.78. The van der Waals surface area contributed by atoms with Crippen LogP contribution in [0.4, 0.5) is 0 Å². The van der Waals surface area contributed by atoms with Crippen molar-refractivity contribution in [2.75, 3.05) is 6.54 Å². The van der Waals surface area contributed by atoms with Gasteiger partial charge in [0, 0.05) is 16.6 Å². The summed E-state index contributed by atoms with van der Waals surface area (Å²) in [6, 6.07) is 2.03. The summed E-state index contributed by atoms with van der Waals surface area (Å²) in [7, 11) is 0. The smallest absolute Gasteiger partial charge is 0.177 e. The van der Waals surface area contributed by atoms with E-state index in [0.717, 1.165) is 28.0 Å². The first kappa shape index (κ1) is 12.1. The molecule has 4 nitrogen and oxygen atoms in total. The molecule has 0 amide bonds. The minimum atomic E-state index is 0.469. The Balaban J connectivity index is 1.97. The van der Waals surface area contributed by atoms with E-state index < -0.39 is 0 Å². The minimum absolute atomic E-state index is 0.469. The standard InChI is InChI=1S/C13H17BrN4/c14-9-5-11-13(16-7-9)18-12(17-11)10-4-2-1-3-8(10)6-15/h5,7-8,10H,1-4,6,15H2,(H,16,17,18). The Hall–Kier alpha value is -0.940. The van der Waals surface area contributed by atoms with E-state index in [-0.39, 0.29) is 0 Å². The second-order valence-electron chi connectivity index (χ2n) is 5.03. The van der Waals surface area contributed by atoms with E-state index in [0.29, 0.717) is 11.8 Å². The van der Waals surface area contributed by atoms with Crippen LogP contribution in [0.3, 0.4) is 0 Å². The predicted molar refractivity (Wildman–Crippen MR) is 75.3 cm³/mol. The summed E-state index contributed by atoms with van der Waals surface area (Å²) in [5, 5.41) is 0. The van der Waals surface area contributed by atoms with Gasteiger partial charge in [-0.2, -0.15) is 0 Å². The van der Waals surface area contributed by atoms with Crippen LogP contribution in [-0.2, 0) is 0 Å². The van der Waals surface area contributed by atoms with E-state index >= 15 is 0 Å². The topological polar surface area (TPSA) is 67.6 Å². The van der Waals surface area contributed by atoms with Gasteiger partial charge >= 0.3 is 0 Å². The van der Waals surface area contributed by atoms with E-state index in [1.54, 1.807) is 6.20 Å². The fraction of sp³-hybridized carbons (Fsp3) is 0.538. The van der Waals surface area contributed by atoms with Gasteiger partial charge in [-0.15, -0.1) is 0 Å². The maximum atomic E-state index is 5.88. The van der Waals surface area contributed by atoms with E-state index in [1.807, 2.05) is 6.07 Å². The number of aromatic nitrogens is 3. The van der Waals surface area contributed by atoms with Crippen LogP contribution in [0.2, 0.25) is 0 Å². The molecule has 0 aromatic carbocycles. The molecule has 5 heteroatoms. The number of hydrogen-bond acceptors (Lipinski definition) is 3. The summed E-state index contributed by atoms with van der Waals surface area (Å²) < 4.78 is 0.976. The van der Waals surface area contributed by atoms with Crippen LogP contribution in [0.5, 0.6) is 0 Å². The Morgan fingerprint density at radius 1 is 1.39 bits per heavy atom. The van der Waals surface area contributed by atoms with Gasteiger partial charge in [-0.25, -0.2) is 9.97 Å². The lowest BCUT2D eigenvalue weighted by Gasteiger charge is -2.28. The molecule has 3 N–H and O–H groups in total. The van der Waals surface area contributed by atoms with Crippen molar-refractivity contribution in [3.8, 4) is 0 Å². The second kappa shape index (κ2) is 4.97. The maximum absolute atomic E-state index is 5.88. The van der Waals surface area contributed by atoms with Gasteiger partial charge in [0.25, 0.3) is 0 Å². The maximum Gasteiger partial charge on any atom is 0.177 e. The normalized spacial score (nSPS) is 24.6. The number of rotatable bonds is 2. The highest BCUT2D eigenvalue weighted by molar-refractivity contribution is 9.10. The van der Waals surface area contributed by atoms with Gasteiger partial charge in [-0.05, 0) is 47.3 Å². The van der Waals surface area contributed by atoms with Gasteiger partial charge in [-0.1, -0.05) is 12.8 Å². The Morgan fingerprint density at radius 3 is 3.06 bits per heavy atom.